The van der Waals surface area contributed by atoms with Gasteiger partial charge in [-0.3, -0.25) is 4.79 Å². The van der Waals surface area contributed by atoms with Gasteiger partial charge >= 0.3 is 0 Å². The van der Waals surface area contributed by atoms with Crippen LogP contribution in [0.15, 0.2) is 0 Å². The van der Waals surface area contributed by atoms with Gasteiger partial charge in [0.1, 0.15) is 0 Å². The number of nitrogens with zero attached hydrogens (tertiary/aromatic N) is 1. The summed E-state index contributed by atoms with van der Waals surface area (Å²) in [6.45, 7) is 2.23. The predicted octanol–water partition coefficient (Wildman–Crippen LogP) is 3.04. The van der Waals surface area contributed by atoms with Crippen LogP contribution in [0, 0.1) is 5.92 Å². The highest BCUT2D eigenvalue weighted by molar-refractivity contribution is 7.99. The Morgan fingerprint density at radius 2 is 2.00 bits per heavy atom. The summed E-state index contributed by atoms with van der Waals surface area (Å²) < 4.78 is 0. The van der Waals surface area contributed by atoms with Crippen molar-refractivity contribution in [1.82, 2.24) is 10.2 Å². The van der Waals surface area contributed by atoms with E-state index in [4.69, 9.17) is 0 Å². The number of thioether (sulfide) groups is 1. The lowest BCUT2D eigenvalue weighted by atomic mass is 9.85. The van der Waals surface area contributed by atoms with Crippen LogP contribution in [0.2, 0.25) is 0 Å². The minimum Gasteiger partial charge on any atom is -0.341 e. The molecule has 120 valence electrons. The van der Waals surface area contributed by atoms with Gasteiger partial charge < -0.3 is 10.2 Å². The fourth-order valence-electron chi connectivity index (χ4n) is 4.59. The summed E-state index contributed by atoms with van der Waals surface area (Å²) in [6, 6.07) is 1.19. The van der Waals surface area contributed by atoms with Gasteiger partial charge in [-0.15, -0.1) is 0 Å². The molecule has 21 heavy (non-hydrogen) atoms. The van der Waals surface area contributed by atoms with Gasteiger partial charge in [-0.2, -0.15) is 11.8 Å². The molecule has 1 amide bonds. The first kappa shape index (κ1) is 15.7. The fourth-order valence-corrected chi connectivity index (χ4v) is 5.72. The van der Waals surface area contributed by atoms with E-state index in [1.807, 2.05) is 7.05 Å². The van der Waals surface area contributed by atoms with Crippen molar-refractivity contribution in [3.05, 3.63) is 0 Å². The van der Waals surface area contributed by atoms with Crippen LogP contribution in [0.4, 0.5) is 0 Å². The van der Waals surface area contributed by atoms with E-state index in [9.17, 15) is 4.79 Å². The standard InChI is InChI=1S/C17H30N2OS/c1-3-21-14-9-8-13(11-14)19(2)17(20)16-10-12-6-4-5-7-15(12)18-16/h12-16,18H,3-11H2,1-2H3. The molecule has 0 bridgehead atoms. The summed E-state index contributed by atoms with van der Waals surface area (Å²) in [5, 5.41) is 4.41. The summed E-state index contributed by atoms with van der Waals surface area (Å²) in [5.74, 6) is 2.31. The van der Waals surface area contributed by atoms with Crippen LogP contribution in [0.5, 0.6) is 0 Å². The zero-order valence-corrected chi connectivity index (χ0v) is 14.3. The summed E-state index contributed by atoms with van der Waals surface area (Å²) in [4.78, 5) is 14.9. The van der Waals surface area contributed by atoms with Crippen LogP contribution in [0.1, 0.15) is 58.3 Å². The van der Waals surface area contributed by atoms with Crippen molar-refractivity contribution in [3.8, 4) is 0 Å². The Morgan fingerprint density at radius 1 is 1.19 bits per heavy atom. The summed E-state index contributed by atoms with van der Waals surface area (Å²) >= 11 is 2.07. The van der Waals surface area contributed by atoms with Gasteiger partial charge in [0.25, 0.3) is 0 Å². The topological polar surface area (TPSA) is 32.3 Å². The van der Waals surface area contributed by atoms with E-state index in [-0.39, 0.29) is 6.04 Å². The first-order valence-electron chi connectivity index (χ1n) is 8.83. The number of hydrogen-bond acceptors (Lipinski definition) is 3. The predicted molar refractivity (Wildman–Crippen MR) is 89.6 cm³/mol. The Labute approximate surface area is 133 Å². The first-order valence-corrected chi connectivity index (χ1v) is 9.88. The van der Waals surface area contributed by atoms with E-state index in [0.717, 1.165) is 17.6 Å². The minimum atomic E-state index is 0.0981. The molecule has 4 heteroatoms. The molecular formula is C17H30N2OS. The molecule has 1 aliphatic heterocycles. The summed E-state index contributed by atoms with van der Waals surface area (Å²) in [6.07, 6.45) is 10.0. The van der Waals surface area contributed by atoms with E-state index in [1.165, 1.54) is 50.7 Å². The van der Waals surface area contributed by atoms with Gasteiger partial charge in [-0.25, -0.2) is 0 Å². The van der Waals surface area contributed by atoms with Gasteiger partial charge in [0.2, 0.25) is 5.91 Å². The number of likely N-dealkylation sites (N-methyl/N-ethyl adjacent to an activating group) is 1. The maximum Gasteiger partial charge on any atom is 0.239 e. The number of fused-ring (bicyclic) bond motifs is 1. The van der Waals surface area contributed by atoms with Gasteiger partial charge in [-0.05, 0) is 50.2 Å². The third kappa shape index (κ3) is 3.42. The lowest BCUT2D eigenvalue weighted by Gasteiger charge is -2.28. The van der Waals surface area contributed by atoms with Gasteiger partial charge in [0.05, 0.1) is 6.04 Å². The van der Waals surface area contributed by atoms with E-state index in [0.29, 0.717) is 18.0 Å². The highest BCUT2D eigenvalue weighted by atomic mass is 32.2. The highest BCUT2D eigenvalue weighted by Crippen LogP contribution is 2.35. The number of carbonyl (C=O) groups is 1. The fraction of sp³-hybridized carbons (Fsp3) is 0.941. The second kappa shape index (κ2) is 6.91. The van der Waals surface area contributed by atoms with Crippen molar-refractivity contribution in [2.24, 2.45) is 5.92 Å². The van der Waals surface area contributed by atoms with Crippen LogP contribution in [-0.2, 0) is 4.79 Å². The molecule has 0 aromatic heterocycles. The average Bonchev–Trinajstić information content (AvgIpc) is 3.12. The zero-order chi connectivity index (χ0) is 14.8. The van der Waals surface area contributed by atoms with Crippen LogP contribution >= 0.6 is 11.8 Å². The van der Waals surface area contributed by atoms with Crippen LogP contribution in [-0.4, -0.2) is 47.0 Å². The number of rotatable bonds is 4. The van der Waals surface area contributed by atoms with Crippen LogP contribution < -0.4 is 5.32 Å². The summed E-state index contributed by atoms with van der Waals surface area (Å²) in [5.41, 5.74) is 0. The van der Waals surface area contributed by atoms with E-state index in [2.05, 4.69) is 28.9 Å². The molecule has 3 aliphatic rings. The van der Waals surface area contributed by atoms with Crippen molar-refractivity contribution in [2.45, 2.75) is 81.7 Å². The molecule has 1 N–H and O–H groups in total. The molecule has 5 unspecified atom stereocenters. The number of nitrogens with one attached hydrogen (secondary N) is 1. The second-order valence-corrected chi connectivity index (χ2v) is 8.68. The third-order valence-electron chi connectivity index (χ3n) is 5.82. The lowest BCUT2D eigenvalue weighted by molar-refractivity contribution is -0.133. The molecule has 0 aromatic rings. The molecule has 2 saturated carbocycles. The maximum absolute atomic E-state index is 12.8. The van der Waals surface area contributed by atoms with E-state index < -0.39 is 0 Å². The molecule has 3 nitrogen and oxygen atoms in total. The van der Waals surface area contributed by atoms with Gasteiger partial charge in [0.15, 0.2) is 0 Å². The first-order chi connectivity index (χ1) is 10.2. The van der Waals surface area contributed by atoms with Crippen molar-refractivity contribution in [2.75, 3.05) is 12.8 Å². The summed E-state index contributed by atoms with van der Waals surface area (Å²) in [7, 11) is 2.04. The molecule has 5 atom stereocenters. The molecule has 0 aromatic carbocycles. The molecule has 3 fully saturated rings. The Kier molecular flexibility index (Phi) is 5.15. The normalized spacial score (nSPS) is 39.2. The largest absolute Gasteiger partial charge is 0.341 e. The molecule has 0 radical (unpaired) electrons. The average molecular weight is 311 g/mol. The number of carbonyl (C=O) groups excluding carboxylic acids is 1. The number of hydrogen-bond donors (Lipinski definition) is 1. The maximum atomic E-state index is 12.8. The quantitative estimate of drug-likeness (QED) is 0.866. The molecule has 0 spiro atoms. The second-order valence-electron chi connectivity index (χ2n) is 7.10. The van der Waals surface area contributed by atoms with Gasteiger partial charge in [-0.1, -0.05) is 19.8 Å². The van der Waals surface area contributed by atoms with Crippen LogP contribution in [0.25, 0.3) is 0 Å². The van der Waals surface area contributed by atoms with Crippen molar-refractivity contribution < 1.29 is 4.79 Å². The molecule has 3 rings (SSSR count). The number of amides is 1. The Bertz CT molecular complexity index is 362. The van der Waals surface area contributed by atoms with Gasteiger partial charge in [0, 0.05) is 24.4 Å². The van der Waals surface area contributed by atoms with Crippen molar-refractivity contribution in [1.29, 1.82) is 0 Å². The molecular weight excluding hydrogens is 280 g/mol. The van der Waals surface area contributed by atoms with Crippen molar-refractivity contribution >= 4 is 17.7 Å². The van der Waals surface area contributed by atoms with Crippen LogP contribution in [0.3, 0.4) is 0 Å². The lowest BCUT2D eigenvalue weighted by Crippen LogP contribution is -2.47. The minimum absolute atomic E-state index is 0.0981. The smallest absolute Gasteiger partial charge is 0.239 e. The Hall–Kier alpha value is -0.220. The highest BCUT2D eigenvalue weighted by Gasteiger charge is 2.40. The molecule has 2 aliphatic carbocycles. The molecule has 1 saturated heterocycles. The Morgan fingerprint density at radius 3 is 2.76 bits per heavy atom. The Balaban J connectivity index is 1.53. The van der Waals surface area contributed by atoms with Crippen molar-refractivity contribution in [3.63, 3.8) is 0 Å². The van der Waals surface area contributed by atoms with E-state index >= 15 is 0 Å². The SMILES string of the molecule is CCSC1CCC(N(C)C(=O)C2CC3CCCCC3N2)C1. The monoisotopic (exact) mass is 310 g/mol. The zero-order valence-electron chi connectivity index (χ0n) is 13.5. The van der Waals surface area contributed by atoms with E-state index in [1.54, 1.807) is 0 Å². The molecule has 1 heterocycles. The third-order valence-corrected chi connectivity index (χ3v) is 7.05.